The molecule has 0 unspecified atom stereocenters. The minimum Gasteiger partial charge on any atom is -0.339 e. The summed E-state index contributed by atoms with van der Waals surface area (Å²) in [5.41, 5.74) is 0.653. The Hall–Kier alpha value is -0.940. The van der Waals surface area contributed by atoms with Crippen LogP contribution in [0.15, 0.2) is 45.5 Å². The van der Waals surface area contributed by atoms with E-state index in [9.17, 15) is 4.39 Å². The predicted octanol–water partition coefficient (Wildman–Crippen LogP) is 4.49. The summed E-state index contributed by atoms with van der Waals surface area (Å²) >= 11 is 6.46. The predicted molar refractivity (Wildman–Crippen MR) is 69.3 cm³/mol. The fourth-order valence-electron chi connectivity index (χ4n) is 1.19. The molecular formula is C11H7Br2FN2. The molecule has 0 saturated heterocycles. The first-order chi connectivity index (χ1) is 7.66. The second-order valence-electron chi connectivity index (χ2n) is 3.09. The molecule has 5 heteroatoms. The van der Waals surface area contributed by atoms with Gasteiger partial charge in [0.2, 0.25) is 0 Å². The largest absolute Gasteiger partial charge is 0.339 e. The lowest BCUT2D eigenvalue weighted by Crippen LogP contribution is -1.94. The van der Waals surface area contributed by atoms with E-state index in [0.29, 0.717) is 16.0 Å². The van der Waals surface area contributed by atoms with Gasteiger partial charge in [0.15, 0.2) is 0 Å². The smallest absolute Gasteiger partial charge is 0.144 e. The Morgan fingerprint density at radius 3 is 2.62 bits per heavy atom. The van der Waals surface area contributed by atoms with Crippen LogP contribution in [0, 0.1) is 5.82 Å². The van der Waals surface area contributed by atoms with Gasteiger partial charge in [-0.2, -0.15) is 0 Å². The lowest BCUT2D eigenvalue weighted by molar-refractivity contribution is 0.622. The van der Waals surface area contributed by atoms with E-state index < -0.39 is 0 Å². The summed E-state index contributed by atoms with van der Waals surface area (Å²) in [5, 5.41) is 3.02. The lowest BCUT2D eigenvalue weighted by atomic mass is 10.3. The first-order valence-electron chi connectivity index (χ1n) is 4.49. The maximum Gasteiger partial charge on any atom is 0.144 e. The molecule has 1 aromatic carbocycles. The Labute approximate surface area is 109 Å². The van der Waals surface area contributed by atoms with Crippen LogP contribution in [0.1, 0.15) is 0 Å². The van der Waals surface area contributed by atoms with E-state index in [1.165, 1.54) is 6.07 Å². The van der Waals surface area contributed by atoms with Crippen LogP contribution in [-0.4, -0.2) is 4.98 Å². The molecule has 2 nitrogen and oxygen atoms in total. The molecule has 0 aliphatic heterocycles. The van der Waals surface area contributed by atoms with Gasteiger partial charge in [-0.05, 0) is 62.2 Å². The highest BCUT2D eigenvalue weighted by molar-refractivity contribution is 9.10. The summed E-state index contributed by atoms with van der Waals surface area (Å²) in [5.74, 6) is 0.348. The minimum atomic E-state index is -0.308. The molecule has 82 valence electrons. The van der Waals surface area contributed by atoms with Gasteiger partial charge in [-0.15, -0.1) is 0 Å². The number of halogens is 3. The number of anilines is 2. The Kier molecular flexibility index (Phi) is 3.56. The number of benzene rings is 1. The van der Waals surface area contributed by atoms with Gasteiger partial charge in [-0.25, -0.2) is 9.37 Å². The normalized spacial score (nSPS) is 10.2. The van der Waals surface area contributed by atoms with E-state index in [2.05, 4.69) is 42.2 Å². The summed E-state index contributed by atoms with van der Waals surface area (Å²) < 4.78 is 14.5. The third-order valence-electron chi connectivity index (χ3n) is 1.94. The lowest BCUT2D eigenvalue weighted by Gasteiger charge is -2.07. The molecule has 1 heterocycles. The van der Waals surface area contributed by atoms with E-state index in [-0.39, 0.29) is 5.82 Å². The maximum absolute atomic E-state index is 13.3. The van der Waals surface area contributed by atoms with Gasteiger partial charge in [0.1, 0.15) is 11.6 Å². The maximum atomic E-state index is 13.3. The molecule has 0 fully saturated rings. The number of rotatable bonds is 2. The molecule has 0 aliphatic rings. The van der Waals surface area contributed by atoms with Crippen LogP contribution in [0.2, 0.25) is 0 Å². The molecule has 1 aromatic heterocycles. The third kappa shape index (κ3) is 2.59. The second-order valence-corrected chi connectivity index (χ2v) is 4.80. The van der Waals surface area contributed by atoms with Crippen molar-refractivity contribution in [2.45, 2.75) is 0 Å². The zero-order chi connectivity index (χ0) is 11.5. The molecule has 2 aromatic rings. The summed E-state index contributed by atoms with van der Waals surface area (Å²) in [6.45, 7) is 0. The van der Waals surface area contributed by atoms with Crippen molar-refractivity contribution in [2.75, 3.05) is 5.32 Å². The van der Waals surface area contributed by atoms with Gasteiger partial charge >= 0.3 is 0 Å². The van der Waals surface area contributed by atoms with Crippen molar-refractivity contribution >= 4 is 43.4 Å². The summed E-state index contributed by atoms with van der Waals surface area (Å²) in [6, 6.07) is 8.51. The fraction of sp³-hybridized carbons (Fsp3) is 0. The van der Waals surface area contributed by atoms with Crippen molar-refractivity contribution in [3.8, 4) is 0 Å². The van der Waals surface area contributed by atoms with Crippen molar-refractivity contribution < 1.29 is 4.39 Å². The third-order valence-corrected chi connectivity index (χ3v) is 3.22. The van der Waals surface area contributed by atoms with E-state index in [1.807, 2.05) is 12.1 Å². The number of nitrogens with zero attached hydrogens (tertiary/aromatic N) is 1. The molecule has 0 amide bonds. The number of pyridine rings is 1. The highest BCUT2D eigenvalue weighted by atomic mass is 79.9. The first kappa shape index (κ1) is 11.5. The highest BCUT2D eigenvalue weighted by Gasteiger charge is 2.03. The van der Waals surface area contributed by atoms with Gasteiger partial charge in [0, 0.05) is 11.9 Å². The minimum absolute atomic E-state index is 0.308. The summed E-state index contributed by atoms with van der Waals surface area (Å²) in [4.78, 5) is 4.13. The Bertz CT molecular complexity index is 517. The van der Waals surface area contributed by atoms with Crippen molar-refractivity contribution in [3.63, 3.8) is 0 Å². The molecule has 2 rings (SSSR count). The average Bonchev–Trinajstić information content (AvgIpc) is 2.27. The van der Waals surface area contributed by atoms with Crippen LogP contribution < -0.4 is 5.32 Å². The standard InChI is InChI=1S/C11H7Br2FN2/c12-8-4-3-7(6-10(8)14)16-11-9(13)2-1-5-15-11/h1-6H,(H,15,16). The number of hydrogen-bond donors (Lipinski definition) is 1. The molecule has 0 atom stereocenters. The number of nitrogens with one attached hydrogen (secondary N) is 1. The molecular weight excluding hydrogens is 339 g/mol. The summed E-state index contributed by atoms with van der Waals surface area (Å²) in [6.07, 6.45) is 1.67. The first-order valence-corrected chi connectivity index (χ1v) is 6.08. The zero-order valence-electron chi connectivity index (χ0n) is 8.05. The number of aromatic nitrogens is 1. The van der Waals surface area contributed by atoms with E-state index >= 15 is 0 Å². The van der Waals surface area contributed by atoms with Gasteiger partial charge < -0.3 is 5.32 Å². The highest BCUT2D eigenvalue weighted by Crippen LogP contribution is 2.25. The van der Waals surface area contributed by atoms with E-state index in [0.717, 1.165) is 4.47 Å². The molecule has 1 N–H and O–H groups in total. The van der Waals surface area contributed by atoms with Gasteiger partial charge in [-0.3, -0.25) is 0 Å². The van der Waals surface area contributed by atoms with E-state index in [1.54, 1.807) is 18.3 Å². The Morgan fingerprint density at radius 1 is 1.12 bits per heavy atom. The van der Waals surface area contributed by atoms with Gasteiger partial charge in [-0.1, -0.05) is 0 Å². The fourth-order valence-corrected chi connectivity index (χ4v) is 1.79. The molecule has 0 radical (unpaired) electrons. The van der Waals surface area contributed by atoms with Crippen LogP contribution in [0.3, 0.4) is 0 Å². The molecule has 0 aliphatic carbocycles. The Balaban J connectivity index is 2.28. The zero-order valence-corrected chi connectivity index (χ0v) is 11.2. The van der Waals surface area contributed by atoms with Crippen LogP contribution in [0.4, 0.5) is 15.9 Å². The SMILES string of the molecule is Fc1cc(Nc2ncccc2Br)ccc1Br. The quantitative estimate of drug-likeness (QED) is 0.867. The monoisotopic (exact) mass is 344 g/mol. The summed E-state index contributed by atoms with van der Waals surface area (Å²) in [7, 11) is 0. The van der Waals surface area contributed by atoms with E-state index in [4.69, 9.17) is 0 Å². The molecule has 0 saturated carbocycles. The molecule has 16 heavy (non-hydrogen) atoms. The number of hydrogen-bond acceptors (Lipinski definition) is 2. The topological polar surface area (TPSA) is 24.9 Å². The second kappa shape index (κ2) is 4.93. The average molecular weight is 346 g/mol. The van der Waals surface area contributed by atoms with Crippen molar-refractivity contribution in [2.24, 2.45) is 0 Å². The van der Waals surface area contributed by atoms with Crippen molar-refractivity contribution in [1.29, 1.82) is 0 Å². The molecule has 0 bridgehead atoms. The van der Waals surface area contributed by atoms with Crippen molar-refractivity contribution in [1.82, 2.24) is 4.98 Å². The van der Waals surface area contributed by atoms with Gasteiger partial charge in [0.05, 0.1) is 8.95 Å². The van der Waals surface area contributed by atoms with Crippen LogP contribution in [0.5, 0.6) is 0 Å². The molecule has 0 spiro atoms. The van der Waals surface area contributed by atoms with Gasteiger partial charge in [0.25, 0.3) is 0 Å². The van der Waals surface area contributed by atoms with Crippen LogP contribution in [0.25, 0.3) is 0 Å². The van der Waals surface area contributed by atoms with Crippen LogP contribution in [-0.2, 0) is 0 Å². The van der Waals surface area contributed by atoms with Crippen molar-refractivity contribution in [3.05, 3.63) is 51.3 Å². The Morgan fingerprint density at radius 2 is 1.94 bits per heavy atom. The van der Waals surface area contributed by atoms with Crippen LogP contribution >= 0.6 is 31.9 Å².